The van der Waals surface area contributed by atoms with Crippen LogP contribution in [0.4, 0.5) is 5.69 Å². The van der Waals surface area contributed by atoms with E-state index in [1.54, 1.807) is 0 Å². The fraction of sp³-hybridized carbons (Fsp3) is 0.261. The lowest BCUT2D eigenvalue weighted by molar-refractivity contribution is -0.135. The highest BCUT2D eigenvalue weighted by molar-refractivity contribution is 7.19. The number of aliphatic carboxylic acids is 1. The van der Waals surface area contributed by atoms with Crippen LogP contribution in [0.3, 0.4) is 0 Å². The van der Waals surface area contributed by atoms with Gasteiger partial charge in [0.25, 0.3) is 0 Å². The van der Waals surface area contributed by atoms with Gasteiger partial charge in [-0.25, -0.2) is 4.98 Å². The summed E-state index contributed by atoms with van der Waals surface area (Å²) in [5, 5.41) is 19.0. The molecule has 1 heterocycles. The summed E-state index contributed by atoms with van der Waals surface area (Å²) in [6, 6.07) is 16.1. The quantitative estimate of drug-likeness (QED) is 0.546. The molecule has 1 aromatic heterocycles. The van der Waals surface area contributed by atoms with Gasteiger partial charge < -0.3 is 10.0 Å². The molecule has 3 rings (SSSR count). The molecule has 0 saturated heterocycles. The fourth-order valence-electron chi connectivity index (χ4n) is 3.22. The number of aromatic nitrogens is 1. The molecule has 0 spiro atoms. The second-order valence-corrected chi connectivity index (χ2v) is 7.79. The largest absolute Gasteiger partial charge is 0.481 e. The Morgan fingerprint density at radius 2 is 2.10 bits per heavy atom. The van der Waals surface area contributed by atoms with Crippen molar-refractivity contribution < 1.29 is 9.90 Å². The number of para-hydroxylation sites is 1. The van der Waals surface area contributed by atoms with Crippen LogP contribution in [0.1, 0.15) is 35.9 Å². The lowest BCUT2D eigenvalue weighted by Gasteiger charge is -2.22. The molecule has 0 saturated carbocycles. The van der Waals surface area contributed by atoms with E-state index in [-0.39, 0.29) is 6.42 Å². The number of nitrogens with zero attached hydrogens (tertiary/aromatic N) is 3. The first-order valence-corrected chi connectivity index (χ1v) is 10.3. The molecule has 0 bridgehead atoms. The Morgan fingerprint density at radius 1 is 1.31 bits per heavy atom. The Labute approximate surface area is 174 Å². The molecule has 0 aliphatic carbocycles. The zero-order valence-electron chi connectivity index (χ0n) is 16.6. The number of hydrogen-bond acceptors (Lipinski definition) is 5. The molecule has 0 radical (unpaired) electrons. The van der Waals surface area contributed by atoms with Gasteiger partial charge in [-0.05, 0) is 60.9 Å². The van der Waals surface area contributed by atoms with Crippen molar-refractivity contribution in [1.82, 2.24) is 4.98 Å². The van der Waals surface area contributed by atoms with Gasteiger partial charge in [-0.2, -0.15) is 5.26 Å². The summed E-state index contributed by atoms with van der Waals surface area (Å²) in [4.78, 5) is 18.3. The molecule has 0 aliphatic rings. The van der Waals surface area contributed by atoms with Crippen molar-refractivity contribution in [3.05, 3.63) is 58.6 Å². The number of fused-ring (bicyclic) bond motifs is 1. The number of carboxylic acids is 1. The average Bonchev–Trinajstić information content (AvgIpc) is 3.13. The van der Waals surface area contributed by atoms with E-state index in [0.29, 0.717) is 18.5 Å². The van der Waals surface area contributed by atoms with Crippen LogP contribution in [0.5, 0.6) is 0 Å². The van der Waals surface area contributed by atoms with E-state index < -0.39 is 5.97 Å². The van der Waals surface area contributed by atoms with Gasteiger partial charge in [0.05, 0.1) is 29.1 Å². The molecule has 0 fully saturated rings. The second kappa shape index (κ2) is 9.35. The maximum atomic E-state index is 11.5. The molecule has 0 aliphatic heterocycles. The summed E-state index contributed by atoms with van der Waals surface area (Å²) < 4.78 is 1.04. The topological polar surface area (TPSA) is 77.2 Å². The number of hydrogen-bond donors (Lipinski definition) is 1. The zero-order chi connectivity index (χ0) is 20.8. The lowest BCUT2D eigenvalue weighted by Crippen LogP contribution is -2.23. The Kier molecular flexibility index (Phi) is 6.63. The highest BCUT2D eigenvalue weighted by Crippen LogP contribution is 2.31. The van der Waals surface area contributed by atoms with Gasteiger partial charge in [-0.15, -0.1) is 11.3 Å². The SMILES string of the molecule is CCN(CCC#N)c1ccc(/C=C(/CC(=O)O)c2nc3ccccc3s2)c(C)c1. The van der Waals surface area contributed by atoms with Gasteiger partial charge in [-0.1, -0.05) is 18.2 Å². The summed E-state index contributed by atoms with van der Waals surface area (Å²) in [6.45, 7) is 5.60. The number of aryl methyl sites for hydroxylation is 1. The van der Waals surface area contributed by atoms with Crippen LogP contribution < -0.4 is 4.90 Å². The Morgan fingerprint density at radius 3 is 2.76 bits per heavy atom. The van der Waals surface area contributed by atoms with Crippen LogP contribution in [-0.2, 0) is 4.79 Å². The van der Waals surface area contributed by atoms with Crippen LogP contribution in [0.15, 0.2) is 42.5 Å². The minimum Gasteiger partial charge on any atom is -0.481 e. The number of benzene rings is 2. The van der Waals surface area contributed by atoms with E-state index in [2.05, 4.69) is 28.9 Å². The average molecular weight is 406 g/mol. The molecule has 148 valence electrons. The zero-order valence-corrected chi connectivity index (χ0v) is 17.4. The van der Waals surface area contributed by atoms with Gasteiger partial charge >= 0.3 is 5.97 Å². The minimum absolute atomic E-state index is 0.0791. The smallest absolute Gasteiger partial charge is 0.307 e. The summed E-state index contributed by atoms with van der Waals surface area (Å²) in [7, 11) is 0. The number of thiazole rings is 1. The van der Waals surface area contributed by atoms with Gasteiger partial charge in [0.15, 0.2) is 0 Å². The number of anilines is 1. The molecular formula is C23H23N3O2S. The summed E-state index contributed by atoms with van der Waals surface area (Å²) in [5.74, 6) is -0.876. The Balaban J connectivity index is 1.97. The van der Waals surface area contributed by atoms with Crippen LogP contribution in [0.25, 0.3) is 21.9 Å². The van der Waals surface area contributed by atoms with Gasteiger partial charge in [0.2, 0.25) is 0 Å². The van der Waals surface area contributed by atoms with E-state index in [4.69, 9.17) is 5.26 Å². The summed E-state index contributed by atoms with van der Waals surface area (Å²) in [5.41, 5.74) is 4.68. The molecule has 1 N–H and O–H groups in total. The van der Waals surface area contributed by atoms with Crippen molar-refractivity contribution in [3.63, 3.8) is 0 Å². The molecule has 0 unspecified atom stereocenters. The van der Waals surface area contributed by atoms with E-state index in [1.807, 2.05) is 49.4 Å². The van der Waals surface area contributed by atoms with E-state index >= 15 is 0 Å². The van der Waals surface area contributed by atoms with E-state index in [0.717, 1.165) is 38.6 Å². The fourth-order valence-corrected chi connectivity index (χ4v) is 4.20. The van der Waals surface area contributed by atoms with Crippen molar-refractivity contribution >= 4 is 44.9 Å². The van der Waals surface area contributed by atoms with Crippen LogP contribution in [0.2, 0.25) is 0 Å². The second-order valence-electron chi connectivity index (χ2n) is 6.76. The lowest BCUT2D eigenvalue weighted by atomic mass is 10.0. The van der Waals surface area contributed by atoms with Gasteiger partial charge in [0.1, 0.15) is 5.01 Å². The van der Waals surface area contributed by atoms with Crippen molar-refractivity contribution in [3.8, 4) is 6.07 Å². The number of rotatable bonds is 8. The monoisotopic (exact) mass is 405 g/mol. The van der Waals surface area contributed by atoms with Crippen LogP contribution in [-0.4, -0.2) is 29.1 Å². The summed E-state index contributed by atoms with van der Waals surface area (Å²) >= 11 is 1.51. The third kappa shape index (κ3) is 5.01. The predicted octanol–water partition coefficient (Wildman–Crippen LogP) is 5.36. The third-order valence-electron chi connectivity index (χ3n) is 4.73. The summed E-state index contributed by atoms with van der Waals surface area (Å²) in [6.07, 6.45) is 2.33. The highest BCUT2D eigenvalue weighted by Gasteiger charge is 2.14. The molecule has 6 heteroatoms. The first kappa shape index (κ1) is 20.6. The number of carbonyl (C=O) groups is 1. The van der Waals surface area contributed by atoms with E-state index in [9.17, 15) is 9.90 Å². The minimum atomic E-state index is -0.876. The standard InChI is InChI=1S/C23H23N3O2S/c1-3-26(12-6-11-24)19-10-9-17(16(2)13-19)14-18(15-22(27)28)23-25-20-7-4-5-8-21(20)29-23/h4-5,7-10,13-14H,3,6,12,15H2,1-2H3,(H,27,28)/b18-14-. The molecule has 0 amide bonds. The highest BCUT2D eigenvalue weighted by atomic mass is 32.1. The Hall–Kier alpha value is -3.17. The van der Waals surface area contributed by atoms with Crippen molar-refractivity contribution in [1.29, 1.82) is 5.26 Å². The Bertz CT molecular complexity index is 1060. The normalized spacial score (nSPS) is 11.4. The maximum Gasteiger partial charge on any atom is 0.307 e. The molecule has 3 aromatic rings. The van der Waals surface area contributed by atoms with Crippen LogP contribution in [0, 0.1) is 18.3 Å². The van der Waals surface area contributed by atoms with E-state index in [1.165, 1.54) is 11.3 Å². The van der Waals surface area contributed by atoms with Crippen LogP contribution >= 0.6 is 11.3 Å². The molecule has 0 atom stereocenters. The molecule has 29 heavy (non-hydrogen) atoms. The van der Waals surface area contributed by atoms with Crippen molar-refractivity contribution in [2.75, 3.05) is 18.0 Å². The predicted molar refractivity (Wildman–Crippen MR) is 119 cm³/mol. The molecule has 2 aromatic carbocycles. The van der Waals surface area contributed by atoms with Gasteiger partial charge in [-0.3, -0.25) is 4.79 Å². The maximum absolute atomic E-state index is 11.5. The first-order chi connectivity index (χ1) is 14.0. The van der Waals surface area contributed by atoms with Crippen molar-refractivity contribution in [2.24, 2.45) is 0 Å². The van der Waals surface area contributed by atoms with Gasteiger partial charge in [0, 0.05) is 18.8 Å². The molecular weight excluding hydrogens is 382 g/mol. The first-order valence-electron chi connectivity index (χ1n) is 9.52. The number of nitriles is 1. The molecule has 5 nitrogen and oxygen atoms in total. The van der Waals surface area contributed by atoms with Crippen molar-refractivity contribution in [2.45, 2.75) is 26.7 Å². The third-order valence-corrected chi connectivity index (χ3v) is 5.85. The number of carboxylic acid groups (broad SMARTS) is 1.